The van der Waals surface area contributed by atoms with Crippen LogP contribution in [0.1, 0.15) is 36.9 Å². The maximum absolute atomic E-state index is 9.13. The number of nitriles is 1. The minimum Gasteiger partial charge on any atom is -0.381 e. The fourth-order valence-electron chi connectivity index (χ4n) is 3.12. The van der Waals surface area contributed by atoms with Crippen LogP contribution in [0.15, 0.2) is 35.3 Å². The number of hydrogen-bond donors (Lipinski definition) is 3. The third-order valence-electron chi connectivity index (χ3n) is 4.51. The molecule has 1 aromatic carbocycles. The van der Waals surface area contributed by atoms with Crippen LogP contribution in [0.4, 0.5) is 11.5 Å². The maximum Gasteiger partial charge on any atom is 0.198 e. The van der Waals surface area contributed by atoms with Gasteiger partial charge in [0, 0.05) is 25.3 Å². The fourth-order valence-corrected chi connectivity index (χ4v) is 3.12. The molecule has 7 heteroatoms. The maximum atomic E-state index is 9.13. The van der Waals surface area contributed by atoms with Crippen LogP contribution < -0.4 is 11.1 Å². The molecule has 1 aliphatic rings. The average molecular weight is 351 g/mol. The summed E-state index contributed by atoms with van der Waals surface area (Å²) < 4.78 is 0. The Morgan fingerprint density at radius 3 is 2.77 bits per heavy atom. The summed E-state index contributed by atoms with van der Waals surface area (Å²) in [5.74, 6) is 1.20. The molecule has 0 unspecified atom stereocenters. The number of para-hydroxylation sites is 1. The van der Waals surface area contributed by atoms with Crippen LogP contribution in [0.5, 0.6) is 0 Å². The van der Waals surface area contributed by atoms with Gasteiger partial charge in [0.1, 0.15) is 11.6 Å². The third kappa shape index (κ3) is 4.54. The zero-order valence-electron chi connectivity index (χ0n) is 14.9. The van der Waals surface area contributed by atoms with Crippen molar-refractivity contribution in [1.82, 2.24) is 15.1 Å². The van der Waals surface area contributed by atoms with Crippen LogP contribution in [0.3, 0.4) is 0 Å². The lowest BCUT2D eigenvalue weighted by Gasteiger charge is -2.30. The third-order valence-corrected chi connectivity index (χ3v) is 4.51. The smallest absolute Gasteiger partial charge is 0.198 e. The highest BCUT2D eigenvalue weighted by molar-refractivity contribution is 5.93. The zero-order valence-corrected chi connectivity index (χ0v) is 14.9. The highest BCUT2D eigenvalue weighted by Gasteiger charge is 2.15. The number of rotatable bonds is 5. The van der Waals surface area contributed by atoms with Gasteiger partial charge in [-0.2, -0.15) is 10.4 Å². The first kappa shape index (κ1) is 17.8. The van der Waals surface area contributed by atoms with Crippen molar-refractivity contribution < 1.29 is 0 Å². The van der Waals surface area contributed by atoms with Crippen LogP contribution in [0.2, 0.25) is 0 Å². The van der Waals surface area contributed by atoms with Gasteiger partial charge in [0.05, 0.1) is 5.69 Å². The Morgan fingerprint density at radius 2 is 2.04 bits per heavy atom. The van der Waals surface area contributed by atoms with E-state index in [1.807, 2.05) is 30.3 Å². The van der Waals surface area contributed by atoms with E-state index in [2.05, 4.69) is 26.5 Å². The Labute approximate surface area is 153 Å². The lowest BCUT2D eigenvalue weighted by molar-refractivity contribution is 0.340. The number of nitrogens with two attached hydrogens (primary N) is 1. The molecule has 3 rings (SSSR count). The van der Waals surface area contributed by atoms with E-state index < -0.39 is 0 Å². The second-order valence-electron chi connectivity index (χ2n) is 6.42. The second kappa shape index (κ2) is 8.90. The predicted molar refractivity (Wildman–Crippen MR) is 104 cm³/mol. The highest BCUT2D eigenvalue weighted by Crippen LogP contribution is 2.15. The summed E-state index contributed by atoms with van der Waals surface area (Å²) in [6.45, 7) is 2.75. The number of benzene rings is 1. The van der Waals surface area contributed by atoms with Gasteiger partial charge in [-0.1, -0.05) is 18.2 Å². The summed E-state index contributed by atoms with van der Waals surface area (Å²) >= 11 is 0. The van der Waals surface area contributed by atoms with Crippen molar-refractivity contribution in [2.45, 2.75) is 32.1 Å². The number of aromatic amines is 1. The minimum absolute atomic E-state index is 0.269. The number of likely N-dealkylation sites (tertiary alicyclic amines) is 1. The Bertz CT molecular complexity index is 767. The van der Waals surface area contributed by atoms with E-state index in [9.17, 15) is 0 Å². The van der Waals surface area contributed by atoms with Gasteiger partial charge in [0.15, 0.2) is 11.8 Å². The molecule has 0 saturated carbocycles. The van der Waals surface area contributed by atoms with Crippen LogP contribution in [0, 0.1) is 11.3 Å². The van der Waals surface area contributed by atoms with Gasteiger partial charge in [0.25, 0.3) is 0 Å². The van der Waals surface area contributed by atoms with Crippen molar-refractivity contribution in [1.29, 1.82) is 5.26 Å². The molecule has 0 spiro atoms. The van der Waals surface area contributed by atoms with Crippen molar-refractivity contribution in [3.05, 3.63) is 41.6 Å². The van der Waals surface area contributed by atoms with Crippen molar-refractivity contribution >= 4 is 17.5 Å². The molecule has 0 atom stereocenters. The molecule has 26 heavy (non-hydrogen) atoms. The number of aliphatic imine (C=N–C) groups is 1. The van der Waals surface area contributed by atoms with E-state index in [0.717, 1.165) is 36.9 Å². The molecule has 1 fully saturated rings. The standard InChI is InChI=1S/C19H25N7/c20-14-16-17(24-25-18(16)21)10-7-11-22-19(26-12-5-2-6-13-26)23-15-8-3-1-4-9-15/h1,3-4,8-9H,2,5-7,10-13H2,(H,22,23)(H3,21,24,25). The van der Waals surface area contributed by atoms with Gasteiger partial charge < -0.3 is 16.0 Å². The van der Waals surface area contributed by atoms with Gasteiger partial charge in [-0.15, -0.1) is 0 Å². The van der Waals surface area contributed by atoms with Gasteiger partial charge in [-0.3, -0.25) is 10.1 Å². The van der Waals surface area contributed by atoms with Crippen molar-refractivity contribution in [2.24, 2.45) is 4.99 Å². The number of hydrogen-bond acceptors (Lipinski definition) is 4. The predicted octanol–water partition coefficient (Wildman–Crippen LogP) is 2.75. The summed E-state index contributed by atoms with van der Waals surface area (Å²) in [4.78, 5) is 7.13. The molecule has 1 aliphatic heterocycles. The Kier molecular flexibility index (Phi) is 6.09. The minimum atomic E-state index is 0.269. The van der Waals surface area contributed by atoms with Gasteiger partial charge >= 0.3 is 0 Å². The zero-order chi connectivity index (χ0) is 18.2. The molecule has 0 amide bonds. The first-order chi connectivity index (χ1) is 12.8. The number of anilines is 2. The first-order valence-corrected chi connectivity index (χ1v) is 9.12. The van der Waals surface area contributed by atoms with Crippen LogP contribution in [-0.4, -0.2) is 40.7 Å². The largest absolute Gasteiger partial charge is 0.381 e. The quantitative estimate of drug-likeness (QED) is 0.436. The summed E-state index contributed by atoms with van der Waals surface area (Å²) in [6.07, 6.45) is 5.22. The van der Waals surface area contributed by atoms with Gasteiger partial charge in [0.2, 0.25) is 0 Å². The number of H-pyrrole nitrogens is 1. The summed E-state index contributed by atoms with van der Waals surface area (Å²) in [5, 5.41) is 19.3. The van der Waals surface area contributed by atoms with E-state index in [4.69, 9.17) is 16.0 Å². The fraction of sp³-hybridized carbons (Fsp3) is 0.421. The summed E-state index contributed by atoms with van der Waals surface area (Å²) in [5.41, 5.74) is 7.96. The number of guanidine groups is 1. The summed E-state index contributed by atoms with van der Waals surface area (Å²) in [6, 6.07) is 12.2. The molecular weight excluding hydrogens is 326 g/mol. The molecule has 136 valence electrons. The Morgan fingerprint density at radius 1 is 1.27 bits per heavy atom. The lowest BCUT2D eigenvalue weighted by Crippen LogP contribution is -2.40. The lowest BCUT2D eigenvalue weighted by atomic mass is 10.1. The topological polar surface area (TPSA) is 106 Å². The number of nitrogens with zero attached hydrogens (tertiary/aromatic N) is 4. The van der Waals surface area contributed by atoms with E-state index in [1.165, 1.54) is 19.3 Å². The van der Waals surface area contributed by atoms with E-state index in [1.54, 1.807) is 0 Å². The summed E-state index contributed by atoms with van der Waals surface area (Å²) in [7, 11) is 0. The van der Waals surface area contributed by atoms with Gasteiger partial charge in [-0.05, 0) is 44.2 Å². The SMILES string of the molecule is N#Cc1c(N)n[nH]c1CCCN=C(Nc1ccccc1)N1CCCCC1. The Balaban J connectivity index is 1.62. The normalized spacial score (nSPS) is 14.9. The average Bonchev–Trinajstić information content (AvgIpc) is 3.05. The number of aromatic nitrogens is 2. The number of nitrogen functional groups attached to an aromatic ring is 1. The molecule has 2 aromatic rings. The number of piperidine rings is 1. The van der Waals surface area contributed by atoms with E-state index >= 15 is 0 Å². The first-order valence-electron chi connectivity index (χ1n) is 9.12. The monoisotopic (exact) mass is 351 g/mol. The molecule has 2 heterocycles. The van der Waals surface area contributed by atoms with E-state index in [-0.39, 0.29) is 5.82 Å². The number of nitrogens with one attached hydrogen (secondary N) is 2. The molecule has 1 aromatic heterocycles. The highest BCUT2D eigenvalue weighted by atomic mass is 15.3. The second-order valence-corrected chi connectivity index (χ2v) is 6.42. The van der Waals surface area contributed by atoms with Crippen molar-refractivity contribution in [3.63, 3.8) is 0 Å². The van der Waals surface area contributed by atoms with Crippen LogP contribution in [0.25, 0.3) is 0 Å². The molecule has 0 bridgehead atoms. The van der Waals surface area contributed by atoms with Crippen molar-refractivity contribution in [2.75, 3.05) is 30.7 Å². The molecular formula is C19H25N7. The van der Waals surface area contributed by atoms with Gasteiger partial charge in [-0.25, -0.2) is 0 Å². The van der Waals surface area contributed by atoms with Crippen LogP contribution in [-0.2, 0) is 6.42 Å². The molecule has 1 saturated heterocycles. The van der Waals surface area contributed by atoms with Crippen LogP contribution >= 0.6 is 0 Å². The van der Waals surface area contributed by atoms with Crippen molar-refractivity contribution in [3.8, 4) is 6.07 Å². The molecule has 0 radical (unpaired) electrons. The number of aryl methyl sites for hydroxylation is 1. The molecule has 7 nitrogen and oxygen atoms in total. The van der Waals surface area contributed by atoms with E-state index in [0.29, 0.717) is 18.5 Å². The molecule has 0 aliphatic carbocycles. The molecule has 4 N–H and O–H groups in total. The Hall–Kier alpha value is -3.01.